The number of esters is 1. The summed E-state index contributed by atoms with van der Waals surface area (Å²) in [6, 6.07) is 10.5. The van der Waals surface area contributed by atoms with Gasteiger partial charge in [-0.25, -0.2) is 0 Å². The summed E-state index contributed by atoms with van der Waals surface area (Å²) in [4.78, 5) is 12.0. The Morgan fingerprint density at radius 1 is 1.20 bits per heavy atom. The van der Waals surface area contributed by atoms with Crippen LogP contribution in [-0.4, -0.2) is 24.8 Å². The van der Waals surface area contributed by atoms with Gasteiger partial charge in [0.25, 0.3) is 0 Å². The maximum absolute atomic E-state index is 12.0. The summed E-state index contributed by atoms with van der Waals surface area (Å²) in [5.41, 5.74) is 1.78. The van der Waals surface area contributed by atoms with Crippen LogP contribution in [0.4, 0.5) is 0 Å². The summed E-state index contributed by atoms with van der Waals surface area (Å²) in [6.45, 7) is 2.71. The van der Waals surface area contributed by atoms with E-state index in [1.807, 2.05) is 18.2 Å². The number of carbonyl (C=O) groups is 1. The fraction of sp³-hybridized carbons (Fsp3) is 0.350. The van der Waals surface area contributed by atoms with Gasteiger partial charge in [0.15, 0.2) is 0 Å². The first-order chi connectivity index (χ1) is 12.1. The van der Waals surface area contributed by atoms with Gasteiger partial charge in [-0.3, -0.25) is 4.79 Å². The molecule has 0 saturated carbocycles. The van der Waals surface area contributed by atoms with E-state index in [2.05, 4.69) is 6.92 Å². The van der Waals surface area contributed by atoms with Gasteiger partial charge in [-0.1, -0.05) is 25.5 Å². The summed E-state index contributed by atoms with van der Waals surface area (Å²) in [5.74, 6) is 1.39. The molecule has 1 unspecified atom stereocenters. The van der Waals surface area contributed by atoms with E-state index in [4.69, 9.17) is 14.2 Å². The number of carbonyl (C=O) groups excluding carboxylic acids is 1. The molecule has 0 fully saturated rings. The molecule has 2 aromatic rings. The Bertz CT molecular complexity index is 769. The minimum absolute atomic E-state index is 0.0707. The third-order valence-electron chi connectivity index (χ3n) is 4.32. The molecule has 3 rings (SSSR count). The van der Waals surface area contributed by atoms with Crippen molar-refractivity contribution in [2.24, 2.45) is 0 Å². The highest BCUT2D eigenvalue weighted by Gasteiger charge is 2.30. The number of phenols is 1. The molecule has 1 atom stereocenters. The molecule has 1 aliphatic heterocycles. The molecule has 1 N–H and O–H groups in total. The van der Waals surface area contributed by atoms with E-state index in [9.17, 15) is 9.90 Å². The predicted molar refractivity (Wildman–Crippen MR) is 93.6 cm³/mol. The molecule has 5 nitrogen and oxygen atoms in total. The van der Waals surface area contributed by atoms with Gasteiger partial charge >= 0.3 is 5.97 Å². The van der Waals surface area contributed by atoms with Crippen molar-refractivity contribution in [3.8, 4) is 23.0 Å². The van der Waals surface area contributed by atoms with Crippen molar-refractivity contribution in [1.29, 1.82) is 0 Å². The number of unbranched alkanes of at least 4 members (excludes halogenated alkanes) is 1. The smallest absolute Gasteiger partial charge is 0.312 e. The van der Waals surface area contributed by atoms with Crippen molar-refractivity contribution < 1.29 is 24.1 Å². The van der Waals surface area contributed by atoms with Gasteiger partial charge in [0.1, 0.15) is 23.0 Å². The van der Waals surface area contributed by atoms with Gasteiger partial charge in [-0.05, 0) is 18.6 Å². The lowest BCUT2D eigenvalue weighted by molar-refractivity contribution is -0.135. The maximum Gasteiger partial charge on any atom is 0.312 e. The second-order valence-corrected chi connectivity index (χ2v) is 6.06. The first-order valence-electron chi connectivity index (χ1n) is 8.46. The molecule has 25 heavy (non-hydrogen) atoms. The fourth-order valence-electron chi connectivity index (χ4n) is 3.00. The van der Waals surface area contributed by atoms with Crippen molar-refractivity contribution in [2.45, 2.75) is 32.1 Å². The van der Waals surface area contributed by atoms with E-state index in [1.165, 1.54) is 6.07 Å². The van der Waals surface area contributed by atoms with E-state index in [-0.39, 0.29) is 24.1 Å². The molecule has 1 heterocycles. The highest BCUT2D eigenvalue weighted by molar-refractivity contribution is 5.78. The quantitative estimate of drug-likeness (QED) is 0.488. The van der Waals surface area contributed by atoms with Crippen LogP contribution in [0.25, 0.3) is 0 Å². The standard InChI is InChI=1S/C20H22O5/c1-3-4-9-24-18-11-14(23-2)6-8-15(18)17-12-20(22)25-19-10-13(21)5-7-16(17)19/h5-8,10-11,17,21H,3-4,9,12H2,1-2H3. The lowest BCUT2D eigenvalue weighted by atomic mass is 9.85. The summed E-state index contributed by atoms with van der Waals surface area (Å²) >= 11 is 0. The van der Waals surface area contributed by atoms with Crippen LogP contribution in [0.15, 0.2) is 36.4 Å². The maximum atomic E-state index is 12.0. The highest BCUT2D eigenvalue weighted by atomic mass is 16.5. The Labute approximate surface area is 147 Å². The van der Waals surface area contributed by atoms with Crippen molar-refractivity contribution in [2.75, 3.05) is 13.7 Å². The predicted octanol–water partition coefficient (Wildman–Crippen LogP) is 4.02. The third-order valence-corrected chi connectivity index (χ3v) is 4.32. The van der Waals surface area contributed by atoms with E-state index in [0.29, 0.717) is 23.9 Å². The number of ether oxygens (including phenoxy) is 3. The number of fused-ring (bicyclic) bond motifs is 1. The first kappa shape index (κ1) is 17.1. The molecular formula is C20H22O5. The zero-order valence-corrected chi connectivity index (χ0v) is 14.5. The van der Waals surface area contributed by atoms with Crippen LogP contribution < -0.4 is 14.2 Å². The van der Waals surface area contributed by atoms with E-state index in [1.54, 1.807) is 19.2 Å². The minimum Gasteiger partial charge on any atom is -0.508 e. The zero-order chi connectivity index (χ0) is 17.8. The van der Waals surface area contributed by atoms with Crippen molar-refractivity contribution in [3.05, 3.63) is 47.5 Å². The van der Waals surface area contributed by atoms with Crippen LogP contribution in [0.5, 0.6) is 23.0 Å². The minimum atomic E-state index is -0.321. The number of hydrogen-bond donors (Lipinski definition) is 1. The number of aromatic hydroxyl groups is 1. The van der Waals surface area contributed by atoms with Crippen molar-refractivity contribution >= 4 is 5.97 Å². The summed E-state index contributed by atoms with van der Waals surface area (Å²) in [5, 5.41) is 9.66. The van der Waals surface area contributed by atoms with E-state index in [0.717, 1.165) is 24.0 Å². The van der Waals surface area contributed by atoms with Gasteiger partial charge in [-0.2, -0.15) is 0 Å². The number of phenolic OH excluding ortho intramolecular Hbond substituents is 1. The van der Waals surface area contributed by atoms with Gasteiger partial charge in [0.05, 0.1) is 20.1 Å². The lowest BCUT2D eigenvalue weighted by Gasteiger charge is -2.26. The zero-order valence-electron chi connectivity index (χ0n) is 14.5. The molecule has 0 aliphatic carbocycles. The number of benzene rings is 2. The molecule has 0 amide bonds. The Hall–Kier alpha value is -2.69. The largest absolute Gasteiger partial charge is 0.508 e. The highest BCUT2D eigenvalue weighted by Crippen LogP contribution is 2.44. The average Bonchev–Trinajstić information content (AvgIpc) is 2.60. The third kappa shape index (κ3) is 3.71. The summed E-state index contributed by atoms with van der Waals surface area (Å²) < 4.78 is 16.6. The Morgan fingerprint density at radius 3 is 2.76 bits per heavy atom. The molecule has 0 spiro atoms. The lowest BCUT2D eigenvalue weighted by Crippen LogP contribution is -2.21. The van der Waals surface area contributed by atoms with Crippen molar-refractivity contribution in [3.63, 3.8) is 0 Å². The second kappa shape index (κ2) is 7.47. The summed E-state index contributed by atoms with van der Waals surface area (Å²) in [6.07, 6.45) is 2.22. The van der Waals surface area contributed by atoms with Crippen molar-refractivity contribution in [1.82, 2.24) is 0 Å². The molecule has 0 radical (unpaired) electrons. The van der Waals surface area contributed by atoms with Gasteiger partial charge in [-0.15, -0.1) is 0 Å². The molecule has 0 saturated heterocycles. The molecular weight excluding hydrogens is 320 g/mol. The van der Waals surface area contributed by atoms with Crippen LogP contribution >= 0.6 is 0 Å². The molecule has 5 heteroatoms. The molecule has 1 aliphatic rings. The number of methoxy groups -OCH3 is 1. The normalized spacial score (nSPS) is 16.1. The Kier molecular flexibility index (Phi) is 5.12. The molecule has 0 aromatic heterocycles. The Balaban J connectivity index is 2.02. The van der Waals surface area contributed by atoms with Gasteiger partial charge in [0, 0.05) is 29.2 Å². The van der Waals surface area contributed by atoms with Gasteiger partial charge in [0.2, 0.25) is 0 Å². The van der Waals surface area contributed by atoms with E-state index < -0.39 is 0 Å². The average molecular weight is 342 g/mol. The first-order valence-corrected chi connectivity index (χ1v) is 8.46. The monoisotopic (exact) mass is 342 g/mol. The van der Waals surface area contributed by atoms with Gasteiger partial charge < -0.3 is 19.3 Å². The summed E-state index contributed by atoms with van der Waals surface area (Å²) in [7, 11) is 1.61. The molecule has 2 aromatic carbocycles. The van der Waals surface area contributed by atoms with Crippen LogP contribution in [0.1, 0.15) is 43.2 Å². The number of rotatable bonds is 6. The SMILES string of the molecule is CCCCOc1cc(OC)ccc1C1CC(=O)Oc2cc(O)ccc21. The van der Waals surface area contributed by atoms with Crippen LogP contribution in [0, 0.1) is 0 Å². The molecule has 0 bridgehead atoms. The van der Waals surface area contributed by atoms with Crippen LogP contribution in [0.2, 0.25) is 0 Å². The topological polar surface area (TPSA) is 65.0 Å². The fourth-order valence-corrected chi connectivity index (χ4v) is 3.00. The van der Waals surface area contributed by atoms with Crippen LogP contribution in [0.3, 0.4) is 0 Å². The molecule has 132 valence electrons. The van der Waals surface area contributed by atoms with E-state index >= 15 is 0 Å². The number of hydrogen-bond acceptors (Lipinski definition) is 5. The Morgan fingerprint density at radius 2 is 2.00 bits per heavy atom. The second-order valence-electron chi connectivity index (χ2n) is 6.06. The van der Waals surface area contributed by atoms with Crippen LogP contribution in [-0.2, 0) is 4.79 Å².